The monoisotopic (exact) mass is 381 g/mol. The van der Waals surface area contributed by atoms with Crippen LogP contribution in [0.25, 0.3) is 11.1 Å². The van der Waals surface area contributed by atoms with Crippen LogP contribution in [0.4, 0.5) is 5.69 Å². The van der Waals surface area contributed by atoms with Crippen LogP contribution in [-0.2, 0) is 4.79 Å². The molecular weight excluding hydrogens is 362 g/mol. The molecule has 142 valence electrons. The summed E-state index contributed by atoms with van der Waals surface area (Å²) in [6.45, 7) is 0.0613. The highest BCUT2D eigenvalue weighted by Crippen LogP contribution is 2.32. The lowest BCUT2D eigenvalue weighted by Crippen LogP contribution is -2.27. The fraction of sp³-hybridized carbons (Fsp3) is 0.125. The number of aliphatic imine (C=N–C) groups is 1. The molecule has 0 fully saturated rings. The molecule has 3 aromatic rings. The van der Waals surface area contributed by atoms with E-state index in [4.69, 9.17) is 4.74 Å². The number of nitriles is 1. The number of benzene rings is 3. The summed E-state index contributed by atoms with van der Waals surface area (Å²) in [6, 6.07) is 23.3. The van der Waals surface area contributed by atoms with Gasteiger partial charge in [0.1, 0.15) is 12.3 Å². The predicted octanol–water partition coefficient (Wildman–Crippen LogP) is 4.05. The van der Waals surface area contributed by atoms with Crippen LogP contribution in [0.1, 0.15) is 16.7 Å². The third kappa shape index (κ3) is 3.48. The molecule has 1 aliphatic rings. The maximum absolute atomic E-state index is 12.5. The Morgan fingerprint density at radius 3 is 2.55 bits per heavy atom. The van der Waals surface area contributed by atoms with Gasteiger partial charge in [-0.3, -0.25) is 9.79 Å². The smallest absolute Gasteiger partial charge is 0.248 e. The summed E-state index contributed by atoms with van der Waals surface area (Å²) in [6.07, 6.45) is 0. The average Bonchev–Trinajstić information content (AvgIpc) is 2.90. The van der Waals surface area contributed by atoms with Crippen LogP contribution < -0.4 is 9.64 Å². The first-order chi connectivity index (χ1) is 14.1. The number of hydrogen-bond acceptors (Lipinski definition) is 4. The number of benzodiazepines with no additional fused rings is 1. The molecular formula is C24H19N3O2. The van der Waals surface area contributed by atoms with Gasteiger partial charge in [0.15, 0.2) is 0 Å². The van der Waals surface area contributed by atoms with Crippen LogP contribution in [0.15, 0.2) is 71.7 Å². The molecule has 0 unspecified atom stereocenters. The van der Waals surface area contributed by atoms with E-state index < -0.39 is 0 Å². The first-order valence-corrected chi connectivity index (χ1v) is 9.21. The van der Waals surface area contributed by atoms with Crippen molar-refractivity contribution in [1.82, 2.24) is 0 Å². The number of anilines is 1. The summed E-state index contributed by atoms with van der Waals surface area (Å²) in [5, 5.41) is 9.27. The Bertz CT molecular complexity index is 1170. The number of amides is 1. The maximum atomic E-state index is 12.5. The summed E-state index contributed by atoms with van der Waals surface area (Å²) < 4.78 is 5.35. The zero-order valence-electron chi connectivity index (χ0n) is 16.2. The topological polar surface area (TPSA) is 65.7 Å². The molecule has 0 saturated carbocycles. The van der Waals surface area contributed by atoms with Gasteiger partial charge >= 0.3 is 0 Å². The summed E-state index contributed by atoms with van der Waals surface area (Å²) in [4.78, 5) is 18.7. The normalized spacial score (nSPS) is 13.2. The highest BCUT2D eigenvalue weighted by atomic mass is 16.5. The zero-order valence-corrected chi connectivity index (χ0v) is 16.2. The molecule has 0 radical (unpaired) electrons. The highest BCUT2D eigenvalue weighted by molar-refractivity contribution is 6.20. The lowest BCUT2D eigenvalue weighted by atomic mass is 9.95. The van der Waals surface area contributed by atoms with Crippen molar-refractivity contribution in [3.63, 3.8) is 0 Å². The van der Waals surface area contributed by atoms with Crippen LogP contribution in [0.2, 0.25) is 0 Å². The predicted molar refractivity (Wildman–Crippen MR) is 114 cm³/mol. The van der Waals surface area contributed by atoms with E-state index in [0.29, 0.717) is 11.3 Å². The molecule has 0 aliphatic carbocycles. The minimum atomic E-state index is -0.0770. The first kappa shape index (κ1) is 18.5. The Kier molecular flexibility index (Phi) is 4.84. The lowest BCUT2D eigenvalue weighted by molar-refractivity contribution is -0.116. The summed E-state index contributed by atoms with van der Waals surface area (Å²) in [7, 11) is 3.40. The minimum absolute atomic E-state index is 0.0613. The fourth-order valence-electron chi connectivity index (χ4n) is 3.46. The molecule has 3 aromatic carbocycles. The highest BCUT2D eigenvalue weighted by Gasteiger charge is 2.23. The van der Waals surface area contributed by atoms with Crippen LogP contribution in [0, 0.1) is 11.3 Å². The summed E-state index contributed by atoms with van der Waals surface area (Å²) in [5.41, 5.74) is 5.73. The van der Waals surface area contributed by atoms with Gasteiger partial charge in [-0.1, -0.05) is 30.3 Å². The fourth-order valence-corrected chi connectivity index (χ4v) is 3.46. The van der Waals surface area contributed by atoms with Gasteiger partial charge in [0.2, 0.25) is 5.91 Å². The zero-order chi connectivity index (χ0) is 20.4. The number of rotatable bonds is 3. The standard InChI is InChI=1S/C24H19N3O2/c1-27-22-10-9-18(17-6-4-8-20(12-17)29-2)13-21(22)24(26-15-23(27)28)19-7-3-5-16(11-19)14-25/h3-13H,15H2,1-2H3. The third-order valence-corrected chi connectivity index (χ3v) is 5.03. The molecule has 4 rings (SSSR count). The van der Waals surface area contributed by atoms with E-state index >= 15 is 0 Å². The van der Waals surface area contributed by atoms with Gasteiger partial charge in [-0.2, -0.15) is 5.26 Å². The van der Waals surface area contributed by atoms with Crippen molar-refractivity contribution >= 4 is 17.3 Å². The molecule has 1 amide bonds. The number of nitrogens with zero attached hydrogens (tertiary/aromatic N) is 3. The van der Waals surface area contributed by atoms with E-state index in [1.54, 1.807) is 31.2 Å². The second-order valence-corrected chi connectivity index (χ2v) is 6.77. The van der Waals surface area contributed by atoms with Crippen LogP contribution in [0.5, 0.6) is 5.75 Å². The molecule has 0 atom stereocenters. The number of hydrogen-bond donors (Lipinski definition) is 0. The van der Waals surface area contributed by atoms with Gasteiger partial charge in [-0.25, -0.2) is 0 Å². The van der Waals surface area contributed by atoms with Gasteiger partial charge in [-0.05, 0) is 47.5 Å². The molecule has 0 spiro atoms. The molecule has 5 nitrogen and oxygen atoms in total. The largest absolute Gasteiger partial charge is 0.497 e. The Hall–Kier alpha value is -3.91. The Morgan fingerprint density at radius 1 is 1.00 bits per heavy atom. The molecule has 1 heterocycles. The van der Waals surface area contributed by atoms with Crippen molar-refractivity contribution in [2.75, 3.05) is 25.6 Å². The molecule has 0 aromatic heterocycles. The number of fused-ring (bicyclic) bond motifs is 1. The van der Waals surface area contributed by atoms with Crippen LogP contribution >= 0.6 is 0 Å². The molecule has 5 heteroatoms. The third-order valence-electron chi connectivity index (χ3n) is 5.03. The minimum Gasteiger partial charge on any atom is -0.497 e. The quantitative estimate of drug-likeness (QED) is 0.687. The van der Waals surface area contributed by atoms with E-state index in [1.807, 2.05) is 54.6 Å². The molecule has 0 bridgehead atoms. The van der Waals surface area contributed by atoms with Gasteiger partial charge in [-0.15, -0.1) is 0 Å². The van der Waals surface area contributed by atoms with Crippen molar-refractivity contribution in [2.24, 2.45) is 4.99 Å². The van der Waals surface area contributed by atoms with Gasteiger partial charge in [0, 0.05) is 18.2 Å². The van der Waals surface area contributed by atoms with Gasteiger partial charge in [0.05, 0.1) is 30.1 Å². The Morgan fingerprint density at radius 2 is 1.76 bits per heavy atom. The van der Waals surface area contributed by atoms with Crippen LogP contribution in [-0.4, -0.2) is 32.3 Å². The second-order valence-electron chi connectivity index (χ2n) is 6.77. The number of carbonyl (C=O) groups is 1. The van der Waals surface area contributed by atoms with Gasteiger partial charge < -0.3 is 9.64 Å². The van der Waals surface area contributed by atoms with E-state index in [0.717, 1.165) is 33.7 Å². The number of carbonyl (C=O) groups excluding carboxylic acids is 1. The van der Waals surface area contributed by atoms with Crippen molar-refractivity contribution in [3.05, 3.63) is 83.4 Å². The molecule has 1 aliphatic heterocycles. The molecule has 0 saturated heterocycles. The Balaban J connectivity index is 1.90. The van der Waals surface area contributed by atoms with Crippen LogP contribution in [0.3, 0.4) is 0 Å². The van der Waals surface area contributed by atoms with E-state index in [2.05, 4.69) is 11.1 Å². The molecule has 0 N–H and O–H groups in total. The van der Waals surface area contributed by atoms with E-state index in [-0.39, 0.29) is 12.5 Å². The Labute approximate surface area is 169 Å². The summed E-state index contributed by atoms with van der Waals surface area (Å²) >= 11 is 0. The molecule has 29 heavy (non-hydrogen) atoms. The average molecular weight is 381 g/mol. The number of likely N-dealkylation sites (N-methyl/N-ethyl adjacent to an activating group) is 1. The number of ether oxygens (including phenoxy) is 1. The van der Waals surface area contributed by atoms with Crippen molar-refractivity contribution < 1.29 is 9.53 Å². The first-order valence-electron chi connectivity index (χ1n) is 9.21. The second kappa shape index (κ2) is 7.61. The summed E-state index contributed by atoms with van der Waals surface area (Å²) in [5.74, 6) is 0.701. The SMILES string of the molecule is COc1cccc(-c2ccc3c(c2)C(c2cccc(C#N)c2)=NCC(=O)N3C)c1. The van der Waals surface area contributed by atoms with Crippen molar-refractivity contribution in [2.45, 2.75) is 0 Å². The maximum Gasteiger partial charge on any atom is 0.248 e. The van der Waals surface area contributed by atoms with Crippen molar-refractivity contribution in [3.8, 4) is 22.9 Å². The van der Waals surface area contributed by atoms with Crippen molar-refractivity contribution in [1.29, 1.82) is 5.26 Å². The van der Waals surface area contributed by atoms with E-state index in [9.17, 15) is 10.1 Å². The number of methoxy groups -OCH3 is 1. The van der Waals surface area contributed by atoms with E-state index in [1.165, 1.54) is 0 Å². The lowest BCUT2D eigenvalue weighted by Gasteiger charge is -2.19. The van der Waals surface area contributed by atoms with Gasteiger partial charge in [0.25, 0.3) is 0 Å².